The maximum atomic E-state index is 13.4. The molecule has 1 rings (SSSR count). The summed E-state index contributed by atoms with van der Waals surface area (Å²) in [6, 6.07) is 3.78. The molecule has 0 saturated carbocycles. The molecule has 1 atom stereocenters. The van der Waals surface area contributed by atoms with Gasteiger partial charge in [-0.1, -0.05) is 0 Å². The Morgan fingerprint density at radius 1 is 1.60 bits per heavy atom. The Hall–Kier alpha value is -1.49. The molecule has 1 aromatic carbocycles. The molecule has 1 aromatic rings. The van der Waals surface area contributed by atoms with Crippen molar-refractivity contribution in [2.24, 2.45) is 11.5 Å². The molecule has 0 heterocycles. The minimum absolute atomic E-state index is 0.110. The van der Waals surface area contributed by atoms with Crippen LogP contribution in [-0.4, -0.2) is 25.3 Å². The summed E-state index contributed by atoms with van der Waals surface area (Å²) < 4.78 is 13.4. The third kappa shape index (κ3) is 2.99. The summed E-state index contributed by atoms with van der Waals surface area (Å²) >= 11 is 0. The Balaban J connectivity index is 2.87. The zero-order chi connectivity index (χ0) is 11.4. The molecule has 0 unspecified atom stereocenters. The van der Waals surface area contributed by atoms with E-state index in [9.17, 15) is 9.18 Å². The van der Waals surface area contributed by atoms with Gasteiger partial charge in [-0.05, 0) is 0 Å². The number of amides is 1. The summed E-state index contributed by atoms with van der Waals surface area (Å²) in [4.78, 5) is 10.7. The van der Waals surface area contributed by atoms with Crippen LogP contribution in [0.4, 0.5) is 4.39 Å². The first-order valence-corrected chi connectivity index (χ1v) is 4.50. The van der Waals surface area contributed by atoms with E-state index in [1.807, 2.05) is 0 Å². The fourth-order valence-corrected chi connectivity index (χ4v) is 1.19. The average molecular weight is 206 g/mol. The first-order valence-electron chi connectivity index (χ1n) is 4.50. The van der Waals surface area contributed by atoms with Crippen molar-refractivity contribution in [1.82, 2.24) is 0 Å². The number of benzene rings is 1. The predicted molar refractivity (Wildman–Crippen MR) is 59.8 cm³/mol. The van der Waals surface area contributed by atoms with E-state index in [0.717, 1.165) is 0 Å². The first-order chi connectivity index (χ1) is 7.04. The van der Waals surface area contributed by atoms with Crippen molar-refractivity contribution in [1.29, 1.82) is 0 Å². The summed E-state index contributed by atoms with van der Waals surface area (Å²) in [5.74, 6) is -1.04. The zero-order valence-corrected chi connectivity index (χ0v) is 8.24. The number of halogens is 1. The number of hydrogen-bond donors (Lipinski definition) is 2. The van der Waals surface area contributed by atoms with Gasteiger partial charge in [-0.2, -0.15) is 0 Å². The second-order valence-corrected chi connectivity index (χ2v) is 3.27. The second kappa shape index (κ2) is 4.84. The molecule has 0 radical (unpaired) electrons. The van der Waals surface area contributed by atoms with E-state index < -0.39 is 17.8 Å². The van der Waals surface area contributed by atoms with E-state index in [-0.39, 0.29) is 6.42 Å². The number of primary amides is 1. The molecule has 0 aliphatic carbocycles. The van der Waals surface area contributed by atoms with E-state index in [1.54, 1.807) is 19.1 Å². The molecule has 0 fully saturated rings. The van der Waals surface area contributed by atoms with Gasteiger partial charge >= 0.3 is 87.5 Å². The van der Waals surface area contributed by atoms with Crippen LogP contribution >= 0.6 is 0 Å². The Morgan fingerprint density at radius 3 is 2.73 bits per heavy atom. The van der Waals surface area contributed by atoms with Gasteiger partial charge in [0, 0.05) is 0 Å². The van der Waals surface area contributed by atoms with Crippen molar-refractivity contribution in [3.63, 3.8) is 0 Å². The zero-order valence-electron chi connectivity index (χ0n) is 8.24. The fraction of sp³-hybridized carbons (Fsp3) is 0.200. The molecule has 4 N–H and O–H groups in total. The second-order valence-electron chi connectivity index (χ2n) is 3.27. The van der Waals surface area contributed by atoms with Gasteiger partial charge < -0.3 is 0 Å². The maximum absolute atomic E-state index is 13.4. The van der Waals surface area contributed by atoms with Crippen LogP contribution in [0.1, 0.15) is 5.56 Å². The van der Waals surface area contributed by atoms with Gasteiger partial charge in [0.05, 0.1) is 0 Å². The summed E-state index contributed by atoms with van der Waals surface area (Å²) in [6.07, 6.45) is 0.110. The van der Waals surface area contributed by atoms with Crippen LogP contribution in [0.5, 0.6) is 0 Å². The van der Waals surface area contributed by atoms with Crippen LogP contribution in [0.2, 0.25) is 0 Å². The fourth-order valence-electron chi connectivity index (χ4n) is 1.19. The molecular formula is C10H12BFN2O. The molecule has 0 aliphatic heterocycles. The van der Waals surface area contributed by atoms with E-state index in [1.165, 1.54) is 6.07 Å². The van der Waals surface area contributed by atoms with Gasteiger partial charge in [0.15, 0.2) is 0 Å². The topological polar surface area (TPSA) is 69.1 Å². The molecule has 15 heavy (non-hydrogen) atoms. The molecule has 0 bridgehead atoms. The Morgan fingerprint density at radius 2 is 2.27 bits per heavy atom. The van der Waals surface area contributed by atoms with Gasteiger partial charge in [0.2, 0.25) is 0 Å². The van der Waals surface area contributed by atoms with Gasteiger partial charge in [0.1, 0.15) is 0 Å². The molecule has 0 spiro atoms. The molecule has 0 saturated heterocycles. The molecule has 78 valence electrons. The normalized spacial score (nSPS) is 11.9. The van der Waals surface area contributed by atoms with E-state index in [4.69, 9.17) is 11.5 Å². The summed E-state index contributed by atoms with van der Waals surface area (Å²) in [5.41, 5.74) is 11.5. The van der Waals surface area contributed by atoms with E-state index in [2.05, 4.69) is 6.47 Å². The first kappa shape index (κ1) is 11.6. The third-order valence-corrected chi connectivity index (χ3v) is 2.12. The van der Waals surface area contributed by atoms with Crippen molar-refractivity contribution in [3.8, 4) is 0 Å². The Labute approximate surface area is 88.2 Å². The van der Waals surface area contributed by atoms with Gasteiger partial charge in [-0.15, -0.1) is 0 Å². The average Bonchev–Trinajstić information content (AvgIpc) is 2.20. The molecule has 1 amide bonds. The van der Waals surface area contributed by atoms with Crippen molar-refractivity contribution >= 4 is 24.8 Å². The number of nitrogens with two attached hydrogens (primary N) is 2. The molecule has 5 heteroatoms. The summed E-state index contributed by atoms with van der Waals surface area (Å²) in [6.45, 7) is 5.07. The number of carbonyl (C=O) groups excluding carboxylic acids is 1. The molecule has 0 aromatic heterocycles. The van der Waals surface area contributed by atoms with Crippen LogP contribution in [0.3, 0.4) is 0 Å². The molecular weight excluding hydrogens is 194 g/mol. The number of hydrogen-bond acceptors (Lipinski definition) is 2. The van der Waals surface area contributed by atoms with E-state index in [0.29, 0.717) is 11.0 Å². The minimum atomic E-state index is -0.853. The van der Waals surface area contributed by atoms with Crippen LogP contribution in [-0.2, 0) is 11.2 Å². The Bertz CT molecular complexity index is 395. The van der Waals surface area contributed by atoms with Crippen molar-refractivity contribution in [3.05, 3.63) is 29.6 Å². The van der Waals surface area contributed by atoms with E-state index >= 15 is 0 Å². The monoisotopic (exact) mass is 206 g/mol. The number of rotatable bonds is 4. The van der Waals surface area contributed by atoms with Gasteiger partial charge in [-0.25, -0.2) is 0 Å². The van der Waals surface area contributed by atoms with Gasteiger partial charge in [0.25, 0.3) is 0 Å². The van der Waals surface area contributed by atoms with Crippen molar-refractivity contribution in [2.75, 3.05) is 0 Å². The van der Waals surface area contributed by atoms with Crippen molar-refractivity contribution in [2.45, 2.75) is 12.5 Å². The SMILES string of the molecule is C=Bc1ccc(C[C@H](N)C(N)=O)c(F)c1. The van der Waals surface area contributed by atoms with Crippen LogP contribution in [0.15, 0.2) is 18.2 Å². The summed E-state index contributed by atoms with van der Waals surface area (Å²) in [5, 5.41) is 0. The quantitative estimate of drug-likeness (QED) is 0.616. The van der Waals surface area contributed by atoms with Crippen LogP contribution < -0.4 is 16.9 Å². The van der Waals surface area contributed by atoms with Crippen LogP contribution in [0, 0.1) is 5.82 Å². The Kier molecular flexibility index (Phi) is 3.74. The van der Waals surface area contributed by atoms with Gasteiger partial charge in [-0.3, -0.25) is 0 Å². The molecule has 3 nitrogen and oxygen atoms in total. The summed E-state index contributed by atoms with van der Waals surface area (Å²) in [7, 11) is 0. The number of carbonyl (C=O) groups is 1. The standard InChI is InChI=1S/C10H12BFN2O/c1-11-7-3-2-6(8(12)5-7)4-9(13)10(14)15/h2-3,5,9H,1,4,13H2,(H2,14,15)/t9-/m0/s1. The predicted octanol–water partition coefficient (Wildman–Crippen LogP) is -1.06. The third-order valence-electron chi connectivity index (χ3n) is 2.12. The van der Waals surface area contributed by atoms with Crippen LogP contribution in [0.25, 0.3) is 0 Å². The van der Waals surface area contributed by atoms with Crippen molar-refractivity contribution < 1.29 is 9.18 Å². The molecule has 0 aliphatic rings.